The van der Waals surface area contributed by atoms with Crippen LogP contribution in [0.3, 0.4) is 0 Å². The van der Waals surface area contributed by atoms with Crippen molar-refractivity contribution < 1.29 is 22.7 Å². The highest BCUT2D eigenvalue weighted by atomic mass is 32.2. The summed E-state index contributed by atoms with van der Waals surface area (Å²) in [6, 6.07) is 8.82. The van der Waals surface area contributed by atoms with Crippen molar-refractivity contribution in [2.24, 2.45) is 5.14 Å². The second kappa shape index (κ2) is 8.01. The molecule has 1 amide bonds. The lowest BCUT2D eigenvalue weighted by Crippen LogP contribution is -2.35. The van der Waals surface area contributed by atoms with E-state index in [1.807, 2.05) is 24.3 Å². The molecule has 0 saturated heterocycles. The monoisotopic (exact) mass is 426 g/mol. The molecule has 2 heterocycles. The predicted molar refractivity (Wildman–Crippen MR) is 105 cm³/mol. The van der Waals surface area contributed by atoms with Gasteiger partial charge in [0.1, 0.15) is 9.77 Å². The molecule has 1 aliphatic heterocycles. The van der Waals surface area contributed by atoms with Gasteiger partial charge in [-0.05, 0) is 30.0 Å². The van der Waals surface area contributed by atoms with E-state index in [0.29, 0.717) is 11.8 Å². The van der Waals surface area contributed by atoms with Crippen LogP contribution in [0.25, 0.3) is 0 Å². The number of benzene rings is 1. The molecule has 10 heteroatoms. The van der Waals surface area contributed by atoms with Gasteiger partial charge in [0.05, 0.1) is 5.69 Å². The number of rotatable bonds is 4. The number of hydrogen-bond acceptors (Lipinski definition) is 7. The lowest BCUT2D eigenvalue weighted by atomic mass is 10.2. The number of anilines is 1. The standard InChI is InChI=1S/C17H18N2O5S3/c1-11-6-8-19(12-4-2-3-5-13(12)26-11)15(20)10-24-17(21)16-14(7-9-25-16)27(18,22)23/h2-5,7,9,11H,6,8,10H2,1H3,(H2,18,22,23)/t11-/m0/s1. The van der Waals surface area contributed by atoms with Gasteiger partial charge in [-0.25, -0.2) is 18.4 Å². The summed E-state index contributed by atoms with van der Waals surface area (Å²) in [4.78, 5) is 27.1. The van der Waals surface area contributed by atoms with E-state index in [9.17, 15) is 18.0 Å². The van der Waals surface area contributed by atoms with E-state index >= 15 is 0 Å². The van der Waals surface area contributed by atoms with Crippen LogP contribution in [0.5, 0.6) is 0 Å². The molecule has 0 fully saturated rings. The van der Waals surface area contributed by atoms with Crippen molar-refractivity contribution in [2.45, 2.75) is 28.4 Å². The lowest BCUT2D eigenvalue weighted by Gasteiger charge is -2.22. The van der Waals surface area contributed by atoms with Crippen molar-refractivity contribution in [1.82, 2.24) is 0 Å². The average molecular weight is 427 g/mol. The van der Waals surface area contributed by atoms with Crippen LogP contribution in [0, 0.1) is 0 Å². The third-order valence-corrected chi connectivity index (χ3v) is 7.21. The lowest BCUT2D eigenvalue weighted by molar-refractivity contribution is -0.121. The number of fused-ring (bicyclic) bond motifs is 1. The highest BCUT2D eigenvalue weighted by molar-refractivity contribution is 8.00. The van der Waals surface area contributed by atoms with Crippen LogP contribution >= 0.6 is 23.1 Å². The zero-order chi connectivity index (χ0) is 19.6. The number of nitrogens with two attached hydrogens (primary N) is 1. The van der Waals surface area contributed by atoms with Crippen LogP contribution in [0.4, 0.5) is 5.69 Å². The van der Waals surface area contributed by atoms with Crippen molar-refractivity contribution >= 4 is 50.7 Å². The number of ether oxygens (including phenoxy) is 1. The molecular weight excluding hydrogens is 408 g/mol. The number of nitrogens with zero attached hydrogens (tertiary/aromatic N) is 1. The van der Waals surface area contributed by atoms with Crippen LogP contribution in [-0.2, 0) is 19.6 Å². The SMILES string of the molecule is C[C@H]1CCN(C(=O)COC(=O)c2sccc2S(N)(=O)=O)c2ccccc2S1. The van der Waals surface area contributed by atoms with Gasteiger partial charge in [-0.1, -0.05) is 19.1 Å². The first-order valence-electron chi connectivity index (χ1n) is 8.11. The van der Waals surface area contributed by atoms with Crippen LogP contribution in [-0.4, -0.2) is 38.7 Å². The number of hydrogen-bond donors (Lipinski definition) is 1. The van der Waals surface area contributed by atoms with Gasteiger partial charge in [-0.15, -0.1) is 23.1 Å². The number of amides is 1. The van der Waals surface area contributed by atoms with Crippen LogP contribution in [0.1, 0.15) is 23.0 Å². The first-order chi connectivity index (χ1) is 12.8. The van der Waals surface area contributed by atoms with E-state index in [2.05, 4.69) is 6.92 Å². The topological polar surface area (TPSA) is 107 Å². The quantitative estimate of drug-likeness (QED) is 0.753. The Balaban J connectivity index is 1.73. The van der Waals surface area contributed by atoms with E-state index in [0.717, 1.165) is 28.3 Å². The van der Waals surface area contributed by atoms with Crippen molar-refractivity contribution in [2.75, 3.05) is 18.1 Å². The highest BCUT2D eigenvalue weighted by Crippen LogP contribution is 2.37. The van der Waals surface area contributed by atoms with Gasteiger partial charge in [-0.2, -0.15) is 0 Å². The maximum absolute atomic E-state index is 12.7. The molecule has 0 spiro atoms. The molecule has 3 rings (SSSR count). The predicted octanol–water partition coefficient (Wildman–Crippen LogP) is 2.47. The fourth-order valence-corrected chi connectivity index (χ4v) is 5.66. The molecule has 1 aliphatic rings. The van der Waals surface area contributed by atoms with Gasteiger partial charge in [0.15, 0.2) is 6.61 Å². The second-order valence-electron chi connectivity index (χ2n) is 5.97. The minimum atomic E-state index is -4.03. The highest BCUT2D eigenvalue weighted by Gasteiger charge is 2.27. The normalized spacial score (nSPS) is 17.1. The Hall–Kier alpha value is -1.88. The molecule has 2 aromatic rings. The van der Waals surface area contributed by atoms with Gasteiger partial charge >= 0.3 is 5.97 Å². The first kappa shape index (κ1) is 19.9. The van der Waals surface area contributed by atoms with E-state index in [1.165, 1.54) is 11.4 Å². The number of para-hydroxylation sites is 1. The molecule has 1 aromatic carbocycles. The number of thiophene rings is 1. The molecule has 0 aliphatic carbocycles. The summed E-state index contributed by atoms with van der Waals surface area (Å²) >= 11 is 2.60. The van der Waals surface area contributed by atoms with E-state index < -0.39 is 22.6 Å². The number of esters is 1. The van der Waals surface area contributed by atoms with E-state index in [4.69, 9.17) is 9.88 Å². The van der Waals surface area contributed by atoms with Gasteiger partial charge in [0.25, 0.3) is 5.91 Å². The van der Waals surface area contributed by atoms with Crippen molar-refractivity contribution in [1.29, 1.82) is 0 Å². The Morgan fingerprint density at radius 3 is 2.78 bits per heavy atom. The molecule has 1 atom stereocenters. The summed E-state index contributed by atoms with van der Waals surface area (Å²) in [7, 11) is -4.03. The van der Waals surface area contributed by atoms with E-state index in [-0.39, 0.29) is 15.7 Å². The zero-order valence-corrected chi connectivity index (χ0v) is 16.9. The maximum Gasteiger partial charge on any atom is 0.350 e. The number of carbonyl (C=O) groups is 2. The zero-order valence-electron chi connectivity index (χ0n) is 14.5. The molecule has 7 nitrogen and oxygen atoms in total. The Morgan fingerprint density at radius 1 is 1.30 bits per heavy atom. The Labute approximate surface area is 165 Å². The molecule has 0 bridgehead atoms. The molecule has 0 radical (unpaired) electrons. The van der Waals surface area contributed by atoms with Crippen molar-refractivity contribution in [3.05, 3.63) is 40.6 Å². The van der Waals surface area contributed by atoms with Crippen molar-refractivity contribution in [3.8, 4) is 0 Å². The summed E-state index contributed by atoms with van der Waals surface area (Å²) in [5.41, 5.74) is 0.786. The third kappa shape index (κ3) is 4.52. The fourth-order valence-electron chi connectivity index (χ4n) is 2.69. The molecule has 144 valence electrons. The molecule has 0 unspecified atom stereocenters. The molecular formula is C17H18N2O5S3. The van der Waals surface area contributed by atoms with Crippen molar-refractivity contribution in [3.63, 3.8) is 0 Å². The second-order valence-corrected chi connectivity index (χ2v) is 9.89. The molecule has 2 N–H and O–H groups in total. The summed E-state index contributed by atoms with van der Waals surface area (Å²) in [5, 5.41) is 6.88. The summed E-state index contributed by atoms with van der Waals surface area (Å²) < 4.78 is 28.1. The number of carbonyl (C=O) groups excluding carboxylic acids is 2. The number of thioether (sulfide) groups is 1. The van der Waals surface area contributed by atoms with Gasteiger partial charge in [0.2, 0.25) is 10.0 Å². The van der Waals surface area contributed by atoms with Crippen LogP contribution < -0.4 is 10.0 Å². The third-order valence-electron chi connectivity index (χ3n) is 3.99. The summed E-state index contributed by atoms with van der Waals surface area (Å²) in [6.07, 6.45) is 0.805. The molecule has 27 heavy (non-hydrogen) atoms. The Bertz CT molecular complexity index is 970. The molecule has 0 saturated carbocycles. The van der Waals surface area contributed by atoms with Gasteiger partial charge < -0.3 is 9.64 Å². The first-order valence-corrected chi connectivity index (χ1v) is 11.4. The fraction of sp³-hybridized carbons (Fsp3) is 0.294. The summed E-state index contributed by atoms with van der Waals surface area (Å²) in [5.74, 6) is -1.24. The average Bonchev–Trinajstić information content (AvgIpc) is 3.05. The maximum atomic E-state index is 12.7. The van der Waals surface area contributed by atoms with Crippen LogP contribution in [0.2, 0.25) is 0 Å². The summed E-state index contributed by atoms with van der Waals surface area (Å²) in [6.45, 7) is 2.14. The minimum absolute atomic E-state index is 0.134. The Morgan fingerprint density at radius 2 is 2.04 bits per heavy atom. The number of primary sulfonamides is 1. The van der Waals surface area contributed by atoms with E-state index in [1.54, 1.807) is 16.7 Å². The van der Waals surface area contributed by atoms with Gasteiger partial charge in [0, 0.05) is 16.7 Å². The minimum Gasteiger partial charge on any atom is -0.451 e. The molecule has 1 aromatic heterocycles. The smallest absolute Gasteiger partial charge is 0.350 e. The largest absolute Gasteiger partial charge is 0.451 e. The van der Waals surface area contributed by atoms with Crippen LogP contribution in [0.15, 0.2) is 45.5 Å². The van der Waals surface area contributed by atoms with Gasteiger partial charge in [-0.3, -0.25) is 4.79 Å². The number of sulfonamides is 1. The Kier molecular flexibility index (Phi) is 5.89.